The number of anilines is 1. The molecule has 0 atom stereocenters. The number of amides is 3. The number of carbonyl (C=O) groups excluding carboxylic acids is 2. The third-order valence-corrected chi connectivity index (χ3v) is 5.15. The lowest BCUT2D eigenvalue weighted by molar-refractivity contribution is 0.0997. The molecular weight excluding hydrogens is 418 g/mol. The monoisotopic (exact) mass is 449 g/mol. The fraction of sp³-hybridized carbons (Fsp3) is 0.320. The van der Waals surface area contributed by atoms with Crippen molar-refractivity contribution in [3.05, 3.63) is 71.1 Å². The number of nitriles is 1. The zero-order chi connectivity index (χ0) is 24.4. The third kappa shape index (κ3) is 5.83. The first kappa shape index (κ1) is 25.3. The second-order valence-corrected chi connectivity index (χ2v) is 7.01. The maximum atomic E-state index is 12.8. The molecule has 3 amide bonds. The number of fused-ring (bicyclic) bond motifs is 1. The van der Waals surface area contributed by atoms with Gasteiger partial charge in [0, 0.05) is 30.9 Å². The van der Waals surface area contributed by atoms with Crippen LogP contribution in [0.2, 0.25) is 0 Å². The van der Waals surface area contributed by atoms with E-state index in [1.54, 1.807) is 36.3 Å². The highest BCUT2D eigenvalue weighted by Crippen LogP contribution is 2.28. The Morgan fingerprint density at radius 2 is 1.91 bits per heavy atom. The number of ether oxygens (including phenoxy) is 1. The minimum atomic E-state index is -0.665. The number of nitrogens with two attached hydrogens (primary N) is 1. The Morgan fingerprint density at radius 1 is 1.21 bits per heavy atom. The minimum Gasteiger partial charge on any atom is -0.497 e. The normalized spacial score (nSPS) is 12.6. The van der Waals surface area contributed by atoms with E-state index in [1.165, 1.54) is 0 Å². The standard InChI is InChI=1S/C23H25N5O3.C2H6/c1-3-4-5-6-7-19-18(14-24)21(22(25)29)20-15-27(12-13-28(19)20)23(30)26-16-8-10-17(31-2)11-9-16;1-2/h3-6,8-11H,7,12-13,15H2,1-2H3,(H2,25,29)(H,26,30);1-2H3/b4-3-,6-5-;. The molecule has 0 radical (unpaired) electrons. The van der Waals surface area contributed by atoms with Crippen LogP contribution in [0.3, 0.4) is 0 Å². The Balaban J connectivity index is 0.00000187. The van der Waals surface area contributed by atoms with Crippen LogP contribution >= 0.6 is 0 Å². The average Bonchev–Trinajstić information content (AvgIpc) is 3.16. The molecule has 1 aliphatic heterocycles. The second-order valence-electron chi connectivity index (χ2n) is 7.01. The van der Waals surface area contributed by atoms with E-state index in [0.717, 1.165) is 5.69 Å². The molecule has 8 nitrogen and oxygen atoms in total. The molecule has 0 saturated heterocycles. The molecule has 1 aliphatic rings. The van der Waals surface area contributed by atoms with Crippen molar-refractivity contribution in [2.24, 2.45) is 5.73 Å². The van der Waals surface area contributed by atoms with Gasteiger partial charge in [-0.1, -0.05) is 38.2 Å². The van der Waals surface area contributed by atoms with Crippen molar-refractivity contribution < 1.29 is 14.3 Å². The quantitative estimate of drug-likeness (QED) is 0.643. The molecule has 0 saturated carbocycles. The lowest BCUT2D eigenvalue weighted by Gasteiger charge is -2.30. The number of nitrogens with zero attached hydrogens (tertiary/aromatic N) is 3. The lowest BCUT2D eigenvalue weighted by Crippen LogP contribution is -2.41. The summed E-state index contributed by atoms with van der Waals surface area (Å²) >= 11 is 0. The third-order valence-electron chi connectivity index (χ3n) is 5.15. The number of urea groups is 1. The van der Waals surface area contributed by atoms with E-state index in [9.17, 15) is 14.9 Å². The van der Waals surface area contributed by atoms with Crippen LogP contribution in [0, 0.1) is 11.3 Å². The van der Waals surface area contributed by atoms with Gasteiger partial charge in [-0.3, -0.25) is 4.79 Å². The van der Waals surface area contributed by atoms with Gasteiger partial charge in [-0.15, -0.1) is 0 Å². The van der Waals surface area contributed by atoms with E-state index in [1.807, 2.05) is 49.6 Å². The SMILES string of the molecule is C/C=C\C=C/Cc1c(C#N)c(C(N)=O)c2n1CCN(C(=O)Nc1ccc(OC)cc1)C2.CC. The molecular formula is C25H31N5O3. The van der Waals surface area contributed by atoms with Gasteiger partial charge in [-0.25, -0.2) is 4.79 Å². The van der Waals surface area contributed by atoms with Gasteiger partial charge in [0.05, 0.1) is 30.5 Å². The molecule has 0 unspecified atom stereocenters. The fourth-order valence-electron chi connectivity index (χ4n) is 3.65. The molecule has 0 spiro atoms. The summed E-state index contributed by atoms with van der Waals surface area (Å²) in [5.41, 5.74) is 8.05. The summed E-state index contributed by atoms with van der Waals surface area (Å²) in [6, 6.07) is 8.86. The highest BCUT2D eigenvalue weighted by atomic mass is 16.5. The topological polar surface area (TPSA) is 113 Å². The molecule has 2 heterocycles. The maximum absolute atomic E-state index is 12.8. The van der Waals surface area contributed by atoms with Crippen LogP contribution in [0.5, 0.6) is 5.75 Å². The van der Waals surface area contributed by atoms with Gasteiger partial charge in [0.1, 0.15) is 11.8 Å². The van der Waals surface area contributed by atoms with Crippen LogP contribution in [0.4, 0.5) is 10.5 Å². The molecule has 174 valence electrons. The van der Waals surface area contributed by atoms with Crippen LogP contribution in [0.1, 0.15) is 48.1 Å². The number of primary amides is 1. The van der Waals surface area contributed by atoms with Crippen molar-refractivity contribution in [3.8, 4) is 11.8 Å². The summed E-state index contributed by atoms with van der Waals surface area (Å²) in [6.45, 7) is 7.02. The Bertz CT molecular complexity index is 1070. The predicted octanol–water partition coefficient (Wildman–Crippen LogP) is 4.22. The molecule has 0 fully saturated rings. The van der Waals surface area contributed by atoms with Crippen LogP contribution in [0.15, 0.2) is 48.6 Å². The summed E-state index contributed by atoms with van der Waals surface area (Å²) in [7, 11) is 1.58. The van der Waals surface area contributed by atoms with Crippen LogP contribution in [-0.4, -0.2) is 35.1 Å². The van der Waals surface area contributed by atoms with E-state index in [2.05, 4.69) is 11.4 Å². The molecule has 1 aromatic heterocycles. The zero-order valence-corrected chi connectivity index (χ0v) is 19.6. The Morgan fingerprint density at radius 3 is 2.48 bits per heavy atom. The van der Waals surface area contributed by atoms with Gasteiger partial charge in [0.15, 0.2) is 0 Å². The summed E-state index contributed by atoms with van der Waals surface area (Å²) in [4.78, 5) is 26.6. The van der Waals surface area contributed by atoms with Crippen LogP contribution in [-0.2, 0) is 19.5 Å². The molecule has 0 aliphatic carbocycles. The highest BCUT2D eigenvalue weighted by molar-refractivity contribution is 5.98. The van der Waals surface area contributed by atoms with Gasteiger partial charge in [0.2, 0.25) is 0 Å². The zero-order valence-electron chi connectivity index (χ0n) is 19.6. The molecule has 0 bridgehead atoms. The second kappa shape index (κ2) is 12.2. The van der Waals surface area contributed by atoms with E-state index in [0.29, 0.717) is 36.6 Å². The molecule has 1 aromatic carbocycles. The Kier molecular flexibility index (Phi) is 9.30. The first-order valence-corrected chi connectivity index (χ1v) is 10.9. The molecule has 2 aromatic rings. The fourth-order valence-corrected chi connectivity index (χ4v) is 3.65. The van der Waals surface area contributed by atoms with Crippen LogP contribution < -0.4 is 15.8 Å². The minimum absolute atomic E-state index is 0.188. The number of aromatic nitrogens is 1. The van der Waals surface area contributed by atoms with E-state index in [-0.39, 0.29) is 23.7 Å². The van der Waals surface area contributed by atoms with Crippen molar-refractivity contribution in [2.45, 2.75) is 40.3 Å². The van der Waals surface area contributed by atoms with E-state index >= 15 is 0 Å². The first-order valence-electron chi connectivity index (χ1n) is 10.9. The van der Waals surface area contributed by atoms with Gasteiger partial charge < -0.3 is 25.3 Å². The summed E-state index contributed by atoms with van der Waals surface area (Å²) in [5.74, 6) is 0.0290. The highest BCUT2D eigenvalue weighted by Gasteiger charge is 2.31. The van der Waals surface area contributed by atoms with Gasteiger partial charge in [-0.05, 0) is 31.2 Å². The number of benzene rings is 1. The largest absolute Gasteiger partial charge is 0.497 e. The van der Waals surface area contributed by atoms with Gasteiger partial charge in [0.25, 0.3) is 5.91 Å². The number of allylic oxidation sites excluding steroid dienone is 4. The van der Waals surface area contributed by atoms with Crippen molar-refractivity contribution in [3.63, 3.8) is 0 Å². The number of hydrogen-bond donors (Lipinski definition) is 2. The number of methoxy groups -OCH3 is 1. The van der Waals surface area contributed by atoms with Crippen molar-refractivity contribution in [2.75, 3.05) is 19.0 Å². The van der Waals surface area contributed by atoms with Crippen molar-refractivity contribution in [1.29, 1.82) is 5.26 Å². The number of carbonyl (C=O) groups is 2. The van der Waals surface area contributed by atoms with E-state index < -0.39 is 5.91 Å². The smallest absolute Gasteiger partial charge is 0.322 e. The molecule has 33 heavy (non-hydrogen) atoms. The molecule has 3 rings (SSSR count). The predicted molar refractivity (Wildman–Crippen MR) is 129 cm³/mol. The van der Waals surface area contributed by atoms with Crippen molar-refractivity contribution >= 4 is 17.6 Å². The van der Waals surface area contributed by atoms with Crippen molar-refractivity contribution in [1.82, 2.24) is 9.47 Å². The lowest BCUT2D eigenvalue weighted by atomic mass is 10.1. The summed E-state index contributed by atoms with van der Waals surface area (Å²) < 4.78 is 7.07. The molecule has 8 heteroatoms. The summed E-state index contributed by atoms with van der Waals surface area (Å²) in [6.07, 6.45) is 8.11. The number of hydrogen-bond acceptors (Lipinski definition) is 4. The average molecular weight is 450 g/mol. The summed E-state index contributed by atoms with van der Waals surface area (Å²) in [5, 5.41) is 12.5. The van der Waals surface area contributed by atoms with Crippen LogP contribution in [0.25, 0.3) is 0 Å². The number of nitrogens with one attached hydrogen (secondary N) is 1. The first-order chi connectivity index (χ1) is 16.0. The molecule has 3 N–H and O–H groups in total. The Labute approximate surface area is 194 Å². The van der Waals surface area contributed by atoms with Gasteiger partial charge in [-0.2, -0.15) is 5.26 Å². The Hall–Kier alpha value is -3.99. The van der Waals surface area contributed by atoms with E-state index in [4.69, 9.17) is 10.5 Å². The van der Waals surface area contributed by atoms with Gasteiger partial charge >= 0.3 is 6.03 Å². The maximum Gasteiger partial charge on any atom is 0.322 e. The number of rotatable bonds is 6.